The summed E-state index contributed by atoms with van der Waals surface area (Å²) in [6, 6.07) is 0. The van der Waals surface area contributed by atoms with Crippen molar-refractivity contribution in [1.82, 2.24) is 0 Å². The molecule has 138 valence electrons. The molecular weight excluding hydrogens is 311 g/mol. The number of ether oxygens (including phenoxy) is 2. The van der Waals surface area contributed by atoms with Crippen LogP contribution < -0.4 is 0 Å². The Kier molecular flexibility index (Phi) is 18.3. The fourth-order valence-corrected chi connectivity index (χ4v) is 2.68. The Hall–Kier alpha value is -0.0200. The molecule has 0 radical (unpaired) electrons. The highest BCUT2D eigenvalue weighted by atomic mass is 31.1. The SMILES string of the molecule is CCCCCCCC(CC(OCCCC)OCCCC)OP=O. The van der Waals surface area contributed by atoms with Crippen LogP contribution in [0.2, 0.25) is 0 Å². The molecule has 0 aromatic rings. The van der Waals surface area contributed by atoms with Crippen LogP contribution in [0, 0.1) is 0 Å². The molecule has 0 saturated carbocycles. The minimum atomic E-state index is -0.245. The van der Waals surface area contributed by atoms with E-state index in [1.165, 1.54) is 25.7 Å². The molecule has 0 bridgehead atoms. The zero-order valence-corrected chi connectivity index (χ0v) is 16.3. The lowest BCUT2D eigenvalue weighted by Crippen LogP contribution is -2.25. The molecule has 0 aliphatic carbocycles. The van der Waals surface area contributed by atoms with E-state index in [1.807, 2.05) is 0 Å². The third-order valence-electron chi connectivity index (χ3n) is 3.88. The first-order valence-electron chi connectivity index (χ1n) is 9.50. The van der Waals surface area contributed by atoms with Crippen molar-refractivity contribution in [3.8, 4) is 0 Å². The number of unbranched alkanes of at least 4 members (excludes halogenated alkanes) is 6. The highest BCUT2D eigenvalue weighted by molar-refractivity contribution is 7.17. The van der Waals surface area contributed by atoms with E-state index >= 15 is 0 Å². The van der Waals surface area contributed by atoms with Crippen LogP contribution in [-0.2, 0) is 18.6 Å². The largest absolute Gasteiger partial charge is 0.353 e. The summed E-state index contributed by atoms with van der Waals surface area (Å²) in [4.78, 5) is 0. The Morgan fingerprint density at radius 3 is 1.87 bits per heavy atom. The van der Waals surface area contributed by atoms with Crippen molar-refractivity contribution < 1.29 is 18.6 Å². The summed E-state index contributed by atoms with van der Waals surface area (Å²) in [6.45, 7) is 7.94. The van der Waals surface area contributed by atoms with Crippen LogP contribution in [0.4, 0.5) is 0 Å². The predicted octanol–water partition coefficient (Wildman–Crippen LogP) is 6.29. The molecule has 0 aliphatic heterocycles. The lowest BCUT2D eigenvalue weighted by molar-refractivity contribution is -0.157. The van der Waals surface area contributed by atoms with Crippen LogP contribution in [0.1, 0.15) is 91.4 Å². The number of hydrogen-bond acceptors (Lipinski definition) is 4. The Balaban J connectivity index is 4.19. The monoisotopic (exact) mass is 348 g/mol. The first-order chi connectivity index (χ1) is 11.3. The maximum absolute atomic E-state index is 10.8. The summed E-state index contributed by atoms with van der Waals surface area (Å²) in [5, 5.41) is 0. The van der Waals surface area contributed by atoms with Gasteiger partial charge in [-0.25, -0.2) is 4.57 Å². The van der Waals surface area contributed by atoms with E-state index in [0.29, 0.717) is 19.6 Å². The van der Waals surface area contributed by atoms with Crippen LogP contribution in [0.25, 0.3) is 0 Å². The second-order valence-electron chi connectivity index (χ2n) is 6.12. The van der Waals surface area contributed by atoms with Gasteiger partial charge in [0.1, 0.15) is 0 Å². The van der Waals surface area contributed by atoms with Gasteiger partial charge in [-0.2, -0.15) is 0 Å². The summed E-state index contributed by atoms with van der Waals surface area (Å²) >= 11 is 0. The van der Waals surface area contributed by atoms with E-state index in [1.54, 1.807) is 0 Å². The molecule has 0 aliphatic rings. The molecular formula is C18H37O4P. The maximum Gasteiger partial charge on any atom is 0.327 e. The Morgan fingerprint density at radius 1 is 0.783 bits per heavy atom. The van der Waals surface area contributed by atoms with Gasteiger partial charge in [0, 0.05) is 19.6 Å². The molecule has 0 N–H and O–H groups in total. The Bertz CT molecular complexity index is 241. The minimum absolute atomic E-state index is 0.0518. The molecule has 4 nitrogen and oxygen atoms in total. The summed E-state index contributed by atoms with van der Waals surface area (Å²) < 4.78 is 27.9. The van der Waals surface area contributed by atoms with E-state index < -0.39 is 0 Å². The van der Waals surface area contributed by atoms with Gasteiger partial charge in [-0.1, -0.05) is 65.7 Å². The first-order valence-corrected chi connectivity index (χ1v) is 10.2. The van der Waals surface area contributed by atoms with Crippen molar-refractivity contribution in [2.24, 2.45) is 0 Å². The van der Waals surface area contributed by atoms with Crippen LogP contribution in [0.15, 0.2) is 0 Å². The molecule has 0 saturated heterocycles. The van der Waals surface area contributed by atoms with Crippen molar-refractivity contribution in [3.05, 3.63) is 0 Å². The van der Waals surface area contributed by atoms with E-state index in [9.17, 15) is 4.57 Å². The van der Waals surface area contributed by atoms with Gasteiger partial charge in [0.15, 0.2) is 6.29 Å². The molecule has 0 amide bonds. The second-order valence-corrected chi connectivity index (χ2v) is 6.48. The summed E-state index contributed by atoms with van der Waals surface area (Å²) in [7, 11) is -0.245. The van der Waals surface area contributed by atoms with Gasteiger partial charge in [0.2, 0.25) is 0 Å². The van der Waals surface area contributed by atoms with Crippen molar-refractivity contribution >= 4 is 8.69 Å². The molecule has 5 heteroatoms. The van der Waals surface area contributed by atoms with E-state index in [0.717, 1.165) is 38.5 Å². The van der Waals surface area contributed by atoms with E-state index in [-0.39, 0.29) is 21.1 Å². The van der Waals surface area contributed by atoms with Crippen LogP contribution >= 0.6 is 8.69 Å². The van der Waals surface area contributed by atoms with Crippen LogP contribution in [0.3, 0.4) is 0 Å². The molecule has 0 aromatic carbocycles. The lowest BCUT2D eigenvalue weighted by Gasteiger charge is -2.22. The lowest BCUT2D eigenvalue weighted by atomic mass is 10.1. The third kappa shape index (κ3) is 15.3. The van der Waals surface area contributed by atoms with Crippen LogP contribution in [0.5, 0.6) is 0 Å². The fourth-order valence-electron chi connectivity index (χ4n) is 2.37. The van der Waals surface area contributed by atoms with Gasteiger partial charge in [-0.05, 0) is 19.3 Å². The highest BCUT2D eigenvalue weighted by Crippen LogP contribution is 2.20. The molecule has 1 atom stereocenters. The van der Waals surface area contributed by atoms with Gasteiger partial charge in [-0.3, -0.25) is 4.52 Å². The van der Waals surface area contributed by atoms with Crippen LogP contribution in [-0.4, -0.2) is 25.6 Å². The van der Waals surface area contributed by atoms with E-state index in [2.05, 4.69) is 20.8 Å². The summed E-state index contributed by atoms with van der Waals surface area (Å²) in [5.74, 6) is 0. The smallest absolute Gasteiger partial charge is 0.327 e. The molecule has 1 unspecified atom stereocenters. The average Bonchev–Trinajstić information content (AvgIpc) is 2.55. The maximum atomic E-state index is 10.8. The van der Waals surface area contributed by atoms with Crippen molar-refractivity contribution in [3.63, 3.8) is 0 Å². The Labute approximate surface area is 144 Å². The third-order valence-corrected chi connectivity index (χ3v) is 4.26. The van der Waals surface area contributed by atoms with E-state index in [4.69, 9.17) is 14.0 Å². The zero-order chi connectivity index (χ0) is 17.2. The summed E-state index contributed by atoms with van der Waals surface area (Å²) in [5.41, 5.74) is 0. The molecule has 0 spiro atoms. The van der Waals surface area contributed by atoms with Gasteiger partial charge >= 0.3 is 8.69 Å². The molecule has 0 rings (SSSR count). The molecule has 0 fully saturated rings. The highest BCUT2D eigenvalue weighted by Gasteiger charge is 2.18. The van der Waals surface area contributed by atoms with Crippen molar-refractivity contribution in [1.29, 1.82) is 0 Å². The normalized spacial score (nSPS) is 13.0. The minimum Gasteiger partial charge on any atom is -0.353 e. The molecule has 0 heterocycles. The van der Waals surface area contributed by atoms with Gasteiger partial charge < -0.3 is 9.47 Å². The Morgan fingerprint density at radius 2 is 1.35 bits per heavy atom. The topological polar surface area (TPSA) is 44.8 Å². The average molecular weight is 348 g/mol. The predicted molar refractivity (Wildman–Crippen MR) is 96.0 cm³/mol. The number of hydrogen-bond donors (Lipinski definition) is 0. The van der Waals surface area contributed by atoms with Crippen molar-refractivity contribution in [2.45, 2.75) is 104 Å². The fraction of sp³-hybridized carbons (Fsp3) is 1.00. The first kappa shape index (κ1) is 23.0. The summed E-state index contributed by atoms with van der Waals surface area (Å²) in [6.07, 6.45) is 11.7. The number of rotatable bonds is 18. The standard InChI is InChI=1S/C18H37O4P/c1-4-7-10-11-12-13-17(22-23-19)16-18(20-14-8-5-2)21-15-9-6-3/h17-18H,4-16H2,1-3H3. The second kappa shape index (κ2) is 18.3. The molecule has 23 heavy (non-hydrogen) atoms. The van der Waals surface area contributed by atoms with Gasteiger partial charge in [0.25, 0.3) is 0 Å². The quantitative estimate of drug-likeness (QED) is 0.166. The van der Waals surface area contributed by atoms with Gasteiger partial charge in [-0.15, -0.1) is 0 Å². The zero-order valence-electron chi connectivity index (χ0n) is 15.4. The molecule has 0 aromatic heterocycles. The van der Waals surface area contributed by atoms with Crippen molar-refractivity contribution in [2.75, 3.05) is 13.2 Å². The van der Waals surface area contributed by atoms with Gasteiger partial charge in [0.05, 0.1) is 6.10 Å².